The third kappa shape index (κ3) is 5.02. The molecule has 0 radical (unpaired) electrons. The number of anilines is 1. The lowest BCUT2D eigenvalue weighted by molar-refractivity contribution is -0.112. The monoisotopic (exact) mass is 535 g/mol. The van der Waals surface area contributed by atoms with Crippen LogP contribution in [-0.2, 0) is 4.79 Å². The highest BCUT2D eigenvalue weighted by atomic mass is 127. The van der Waals surface area contributed by atoms with Crippen molar-refractivity contribution in [1.82, 2.24) is 4.57 Å². The summed E-state index contributed by atoms with van der Waals surface area (Å²) in [7, 11) is 0. The lowest BCUT2D eigenvalue weighted by atomic mass is 10.1. The SMILES string of the molecule is Cc1cc(/C=C(\C#N)C(=O)Nc2ccc(I)cc2)c(C)n1-c1cc(Cl)cc(Cl)c1. The van der Waals surface area contributed by atoms with Crippen LogP contribution < -0.4 is 5.32 Å². The molecule has 1 aromatic heterocycles. The fourth-order valence-electron chi connectivity index (χ4n) is 3.04. The van der Waals surface area contributed by atoms with E-state index in [0.717, 1.165) is 26.2 Å². The van der Waals surface area contributed by atoms with Crippen molar-refractivity contribution >= 4 is 63.5 Å². The predicted octanol–water partition coefficient (Wildman–Crippen LogP) is 6.55. The molecule has 0 unspecified atom stereocenters. The number of nitrogens with one attached hydrogen (secondary N) is 1. The number of carbonyl (C=O) groups excluding carboxylic acids is 1. The van der Waals surface area contributed by atoms with Crippen molar-refractivity contribution in [3.63, 3.8) is 0 Å². The van der Waals surface area contributed by atoms with Crippen LogP contribution in [0.5, 0.6) is 0 Å². The first-order valence-electron chi connectivity index (χ1n) is 8.62. The van der Waals surface area contributed by atoms with Gasteiger partial charge in [0.15, 0.2) is 0 Å². The molecule has 4 nitrogen and oxygen atoms in total. The molecule has 0 spiro atoms. The molecule has 3 aromatic rings. The minimum Gasteiger partial charge on any atom is -0.321 e. The van der Waals surface area contributed by atoms with Gasteiger partial charge in [0.05, 0.1) is 0 Å². The Balaban J connectivity index is 1.95. The van der Waals surface area contributed by atoms with Crippen molar-refractivity contribution < 1.29 is 4.79 Å². The number of halogens is 3. The number of benzene rings is 2. The Kier molecular flexibility index (Phi) is 6.68. The Morgan fingerprint density at radius 1 is 1.10 bits per heavy atom. The molecule has 0 saturated carbocycles. The van der Waals surface area contributed by atoms with Gasteiger partial charge in [-0.1, -0.05) is 23.2 Å². The maximum absolute atomic E-state index is 12.5. The average molecular weight is 536 g/mol. The van der Waals surface area contributed by atoms with E-state index in [0.29, 0.717) is 15.7 Å². The normalized spacial score (nSPS) is 11.2. The summed E-state index contributed by atoms with van der Waals surface area (Å²) in [6.07, 6.45) is 1.59. The Morgan fingerprint density at radius 2 is 1.72 bits per heavy atom. The second kappa shape index (κ2) is 9.04. The number of nitrogens with zero attached hydrogens (tertiary/aromatic N) is 2. The van der Waals surface area contributed by atoms with Gasteiger partial charge < -0.3 is 9.88 Å². The molecule has 0 atom stereocenters. The molecule has 7 heteroatoms. The largest absolute Gasteiger partial charge is 0.321 e. The van der Waals surface area contributed by atoms with Gasteiger partial charge >= 0.3 is 0 Å². The molecular formula is C22H16Cl2IN3O. The molecule has 1 N–H and O–H groups in total. The average Bonchev–Trinajstić information content (AvgIpc) is 2.94. The van der Waals surface area contributed by atoms with Crippen LogP contribution in [0.3, 0.4) is 0 Å². The highest BCUT2D eigenvalue weighted by Crippen LogP contribution is 2.27. The minimum atomic E-state index is -0.454. The van der Waals surface area contributed by atoms with Gasteiger partial charge in [-0.3, -0.25) is 4.79 Å². The molecule has 0 aliphatic carbocycles. The van der Waals surface area contributed by atoms with Crippen LogP contribution in [-0.4, -0.2) is 10.5 Å². The molecule has 1 heterocycles. The molecule has 2 aromatic carbocycles. The highest BCUT2D eigenvalue weighted by molar-refractivity contribution is 14.1. The van der Waals surface area contributed by atoms with Gasteiger partial charge in [-0.25, -0.2) is 0 Å². The molecule has 0 aliphatic rings. The first-order chi connectivity index (χ1) is 13.8. The zero-order chi connectivity index (χ0) is 21.1. The van der Waals surface area contributed by atoms with Crippen LogP contribution in [0.2, 0.25) is 10.0 Å². The zero-order valence-electron chi connectivity index (χ0n) is 15.6. The predicted molar refractivity (Wildman–Crippen MR) is 127 cm³/mol. The van der Waals surface area contributed by atoms with Crippen molar-refractivity contribution in [3.8, 4) is 11.8 Å². The fraction of sp³-hybridized carbons (Fsp3) is 0.0909. The number of hydrogen-bond donors (Lipinski definition) is 1. The lowest BCUT2D eigenvalue weighted by Gasteiger charge is -2.11. The summed E-state index contributed by atoms with van der Waals surface area (Å²) in [6.45, 7) is 3.86. The fourth-order valence-corrected chi connectivity index (χ4v) is 3.91. The maximum Gasteiger partial charge on any atom is 0.266 e. The lowest BCUT2D eigenvalue weighted by Crippen LogP contribution is -2.13. The Hall–Kier alpha value is -2.27. The molecule has 3 rings (SSSR count). The maximum atomic E-state index is 12.5. The van der Waals surface area contributed by atoms with Crippen LogP contribution in [0.4, 0.5) is 5.69 Å². The van der Waals surface area contributed by atoms with Crippen molar-refractivity contribution in [1.29, 1.82) is 5.26 Å². The van der Waals surface area contributed by atoms with E-state index in [2.05, 4.69) is 27.9 Å². The van der Waals surface area contributed by atoms with Gasteiger partial charge in [0, 0.05) is 36.4 Å². The summed E-state index contributed by atoms with van der Waals surface area (Å²) in [5, 5.41) is 13.3. The number of aromatic nitrogens is 1. The number of rotatable bonds is 4. The van der Waals surface area contributed by atoms with Crippen molar-refractivity contribution in [2.45, 2.75) is 13.8 Å². The van der Waals surface area contributed by atoms with Gasteiger partial charge in [-0.05, 0) is 96.6 Å². The van der Waals surface area contributed by atoms with Gasteiger partial charge in [-0.15, -0.1) is 0 Å². The van der Waals surface area contributed by atoms with E-state index in [4.69, 9.17) is 23.2 Å². The molecule has 0 fully saturated rings. The van der Waals surface area contributed by atoms with Crippen LogP contribution in [0.25, 0.3) is 11.8 Å². The molecule has 29 heavy (non-hydrogen) atoms. The first-order valence-corrected chi connectivity index (χ1v) is 10.5. The molecule has 0 bridgehead atoms. The van der Waals surface area contributed by atoms with E-state index in [1.807, 2.05) is 54.8 Å². The van der Waals surface area contributed by atoms with Crippen LogP contribution in [0.15, 0.2) is 54.1 Å². The third-order valence-electron chi connectivity index (χ3n) is 4.34. The molecule has 146 valence electrons. The van der Waals surface area contributed by atoms with Crippen LogP contribution >= 0.6 is 45.8 Å². The first kappa shape index (κ1) is 21.4. The molecular weight excluding hydrogens is 520 g/mol. The smallest absolute Gasteiger partial charge is 0.266 e. The Morgan fingerprint density at radius 3 is 2.31 bits per heavy atom. The van der Waals surface area contributed by atoms with Gasteiger partial charge in [0.1, 0.15) is 11.6 Å². The van der Waals surface area contributed by atoms with Gasteiger partial charge in [0.25, 0.3) is 5.91 Å². The standard InChI is InChI=1S/C22H16Cl2IN3O/c1-13-7-15(14(2)28(13)21-10-17(23)9-18(24)11-21)8-16(12-26)22(29)27-20-5-3-19(25)4-6-20/h3-11H,1-2H3,(H,27,29)/b16-8+. The minimum absolute atomic E-state index is 0.0212. The van der Waals surface area contributed by atoms with E-state index < -0.39 is 5.91 Å². The number of amides is 1. The van der Waals surface area contributed by atoms with E-state index in [9.17, 15) is 10.1 Å². The van der Waals surface area contributed by atoms with Gasteiger partial charge in [0.2, 0.25) is 0 Å². The van der Waals surface area contributed by atoms with Crippen LogP contribution in [0.1, 0.15) is 17.0 Å². The highest BCUT2D eigenvalue weighted by Gasteiger charge is 2.14. The Bertz CT molecular complexity index is 1140. The van der Waals surface area contributed by atoms with E-state index in [-0.39, 0.29) is 5.57 Å². The molecule has 0 saturated heterocycles. The quantitative estimate of drug-likeness (QED) is 0.234. The number of hydrogen-bond acceptors (Lipinski definition) is 2. The van der Waals surface area contributed by atoms with Crippen molar-refractivity contribution in [3.05, 3.63) is 84.7 Å². The van der Waals surface area contributed by atoms with E-state index >= 15 is 0 Å². The summed E-state index contributed by atoms with van der Waals surface area (Å²) in [5.41, 5.74) is 4.05. The summed E-state index contributed by atoms with van der Waals surface area (Å²) < 4.78 is 3.04. The zero-order valence-corrected chi connectivity index (χ0v) is 19.3. The second-order valence-corrected chi connectivity index (χ2v) is 8.54. The topological polar surface area (TPSA) is 57.8 Å². The third-order valence-corrected chi connectivity index (χ3v) is 5.50. The van der Waals surface area contributed by atoms with Gasteiger partial charge in [-0.2, -0.15) is 5.26 Å². The number of aryl methyl sites for hydroxylation is 1. The summed E-state index contributed by atoms with van der Waals surface area (Å²) in [4.78, 5) is 12.5. The van der Waals surface area contributed by atoms with E-state index in [1.54, 1.807) is 24.3 Å². The summed E-state index contributed by atoms with van der Waals surface area (Å²) >= 11 is 14.5. The molecule has 0 aliphatic heterocycles. The van der Waals surface area contributed by atoms with E-state index in [1.165, 1.54) is 0 Å². The number of nitriles is 1. The van der Waals surface area contributed by atoms with Crippen LogP contribution in [0, 0.1) is 28.7 Å². The molecule has 1 amide bonds. The second-order valence-electron chi connectivity index (χ2n) is 6.42. The summed E-state index contributed by atoms with van der Waals surface area (Å²) in [6, 6.07) is 16.6. The Labute approximate surface area is 192 Å². The van der Waals surface area contributed by atoms with Crippen molar-refractivity contribution in [2.24, 2.45) is 0 Å². The summed E-state index contributed by atoms with van der Waals surface area (Å²) in [5.74, 6) is -0.454. The van der Waals surface area contributed by atoms with Crippen molar-refractivity contribution in [2.75, 3.05) is 5.32 Å². The number of carbonyl (C=O) groups is 1.